The lowest BCUT2D eigenvalue weighted by Gasteiger charge is -2.26. The van der Waals surface area contributed by atoms with Crippen molar-refractivity contribution in [2.75, 3.05) is 6.54 Å². The van der Waals surface area contributed by atoms with E-state index in [2.05, 4.69) is 10.3 Å². The highest BCUT2D eigenvalue weighted by Gasteiger charge is 2.22. The van der Waals surface area contributed by atoms with Crippen LogP contribution in [0.4, 0.5) is 0 Å². The molecule has 0 fully saturated rings. The zero-order valence-electron chi connectivity index (χ0n) is 11.7. The summed E-state index contributed by atoms with van der Waals surface area (Å²) in [6, 6.07) is 3.98. The van der Waals surface area contributed by atoms with Gasteiger partial charge in [0.1, 0.15) is 10.7 Å². The van der Waals surface area contributed by atoms with Crippen molar-refractivity contribution in [3.05, 3.63) is 28.6 Å². The van der Waals surface area contributed by atoms with Crippen LogP contribution in [0.15, 0.2) is 22.9 Å². The maximum atomic E-state index is 12.1. The molecule has 0 radical (unpaired) electrons. The molecule has 108 valence electrons. The van der Waals surface area contributed by atoms with Crippen LogP contribution >= 0.6 is 22.7 Å². The quantitative estimate of drug-likeness (QED) is 0.861. The first-order valence-electron chi connectivity index (χ1n) is 6.64. The second-order valence-corrected chi connectivity index (χ2v) is 6.57. The molecule has 0 aliphatic carbocycles. The summed E-state index contributed by atoms with van der Waals surface area (Å²) in [5, 5.41) is 7.56. The molecular weight excluding hydrogens is 290 g/mol. The molecule has 6 heteroatoms. The summed E-state index contributed by atoms with van der Waals surface area (Å²) in [6.45, 7) is 4.55. The molecule has 2 rings (SSSR count). The van der Waals surface area contributed by atoms with E-state index in [1.54, 1.807) is 16.7 Å². The summed E-state index contributed by atoms with van der Waals surface area (Å²) < 4.78 is 0. The molecule has 2 aromatic rings. The van der Waals surface area contributed by atoms with Crippen molar-refractivity contribution in [1.82, 2.24) is 10.3 Å². The predicted molar refractivity (Wildman–Crippen MR) is 85.3 cm³/mol. The van der Waals surface area contributed by atoms with Crippen LogP contribution < -0.4 is 11.1 Å². The van der Waals surface area contributed by atoms with E-state index in [9.17, 15) is 4.79 Å². The number of hydrogen-bond acceptors (Lipinski definition) is 5. The number of hydrogen-bond donors (Lipinski definition) is 2. The van der Waals surface area contributed by atoms with Crippen molar-refractivity contribution in [1.29, 1.82) is 0 Å². The van der Waals surface area contributed by atoms with Crippen molar-refractivity contribution in [3.63, 3.8) is 0 Å². The number of amides is 1. The van der Waals surface area contributed by atoms with E-state index in [1.165, 1.54) is 11.3 Å². The Bertz CT molecular complexity index is 559. The Kier molecular flexibility index (Phi) is 4.91. The van der Waals surface area contributed by atoms with Crippen LogP contribution in [0.25, 0.3) is 9.88 Å². The fourth-order valence-corrected chi connectivity index (χ4v) is 3.35. The van der Waals surface area contributed by atoms with Gasteiger partial charge in [-0.3, -0.25) is 4.79 Å². The van der Waals surface area contributed by atoms with Gasteiger partial charge in [0, 0.05) is 17.5 Å². The van der Waals surface area contributed by atoms with E-state index in [4.69, 9.17) is 5.73 Å². The molecule has 0 unspecified atom stereocenters. The van der Waals surface area contributed by atoms with Gasteiger partial charge < -0.3 is 11.1 Å². The average molecular weight is 309 g/mol. The number of nitrogens with one attached hydrogen (secondary N) is 1. The zero-order valence-corrected chi connectivity index (χ0v) is 13.3. The van der Waals surface area contributed by atoms with Crippen molar-refractivity contribution in [2.24, 2.45) is 5.73 Å². The average Bonchev–Trinajstić information content (AvgIpc) is 3.14. The van der Waals surface area contributed by atoms with E-state index in [0.717, 1.165) is 22.7 Å². The first-order valence-corrected chi connectivity index (χ1v) is 8.40. The van der Waals surface area contributed by atoms with Crippen molar-refractivity contribution in [2.45, 2.75) is 32.2 Å². The molecule has 2 aromatic heterocycles. The highest BCUT2D eigenvalue weighted by Crippen LogP contribution is 2.27. The Morgan fingerprint density at radius 1 is 1.40 bits per heavy atom. The van der Waals surface area contributed by atoms with Gasteiger partial charge >= 0.3 is 0 Å². The minimum Gasteiger partial charge on any atom is -0.349 e. The molecule has 20 heavy (non-hydrogen) atoms. The highest BCUT2D eigenvalue weighted by molar-refractivity contribution is 7.20. The van der Waals surface area contributed by atoms with Crippen LogP contribution in [0, 0.1) is 0 Å². The summed E-state index contributed by atoms with van der Waals surface area (Å²) in [5.41, 5.74) is 6.31. The van der Waals surface area contributed by atoms with Gasteiger partial charge in [-0.15, -0.1) is 22.7 Å². The topological polar surface area (TPSA) is 68.0 Å². The molecule has 0 bridgehead atoms. The summed E-state index contributed by atoms with van der Waals surface area (Å²) in [7, 11) is 0. The fraction of sp³-hybridized carbons (Fsp3) is 0.429. The minimum absolute atomic E-state index is 0.152. The highest BCUT2D eigenvalue weighted by atomic mass is 32.1. The number of thiophene rings is 1. The van der Waals surface area contributed by atoms with Crippen LogP contribution in [-0.2, 0) is 0 Å². The molecule has 0 saturated heterocycles. The van der Waals surface area contributed by atoms with Gasteiger partial charge in [0.15, 0.2) is 0 Å². The van der Waals surface area contributed by atoms with Gasteiger partial charge in [-0.05, 0) is 24.3 Å². The van der Waals surface area contributed by atoms with Gasteiger partial charge in [-0.2, -0.15) is 0 Å². The van der Waals surface area contributed by atoms with Crippen LogP contribution in [0.3, 0.4) is 0 Å². The lowest BCUT2D eigenvalue weighted by molar-refractivity contribution is 0.0938. The van der Waals surface area contributed by atoms with E-state index in [-0.39, 0.29) is 11.4 Å². The Morgan fingerprint density at radius 3 is 2.75 bits per heavy atom. The molecule has 0 spiro atoms. The maximum absolute atomic E-state index is 12.1. The van der Waals surface area contributed by atoms with Crippen LogP contribution in [0.5, 0.6) is 0 Å². The van der Waals surface area contributed by atoms with Crippen LogP contribution in [-0.4, -0.2) is 23.0 Å². The summed E-state index contributed by atoms with van der Waals surface area (Å²) in [5.74, 6) is -0.152. The van der Waals surface area contributed by atoms with Crippen LogP contribution in [0.2, 0.25) is 0 Å². The Labute approximate surface area is 127 Å². The Morgan fingerprint density at radius 2 is 2.15 bits per heavy atom. The molecule has 4 nitrogen and oxygen atoms in total. The number of nitrogens with zero attached hydrogens (tertiary/aromatic N) is 1. The SMILES string of the molecule is CCC(N)(CC)CNC(=O)c1csc(-c2cccs2)n1. The smallest absolute Gasteiger partial charge is 0.270 e. The zero-order chi connectivity index (χ0) is 14.6. The third-order valence-electron chi connectivity index (χ3n) is 3.48. The largest absolute Gasteiger partial charge is 0.349 e. The standard InChI is InChI=1S/C14H19N3OS2/c1-3-14(15,4-2)9-16-12(18)10-8-20-13(17-10)11-6-5-7-19-11/h5-8H,3-4,9,15H2,1-2H3,(H,16,18). The molecule has 0 aliphatic heterocycles. The van der Waals surface area contributed by atoms with Crippen molar-refractivity contribution in [3.8, 4) is 9.88 Å². The second-order valence-electron chi connectivity index (χ2n) is 4.77. The molecule has 0 aliphatic rings. The molecule has 0 aromatic carbocycles. The lowest BCUT2D eigenvalue weighted by Crippen LogP contribution is -2.49. The van der Waals surface area contributed by atoms with Gasteiger partial charge in [0.2, 0.25) is 0 Å². The first-order chi connectivity index (χ1) is 9.58. The monoisotopic (exact) mass is 309 g/mol. The third-order valence-corrected chi connectivity index (χ3v) is 5.36. The maximum Gasteiger partial charge on any atom is 0.270 e. The predicted octanol–water partition coefficient (Wildman–Crippen LogP) is 3.12. The Hall–Kier alpha value is -1.24. The van der Waals surface area contributed by atoms with Crippen LogP contribution in [0.1, 0.15) is 37.2 Å². The van der Waals surface area contributed by atoms with Gasteiger partial charge in [-0.1, -0.05) is 19.9 Å². The van der Waals surface area contributed by atoms with Gasteiger partial charge in [0.05, 0.1) is 4.88 Å². The normalized spacial score (nSPS) is 11.6. The first kappa shape index (κ1) is 15.2. The van der Waals surface area contributed by atoms with Crippen molar-refractivity contribution >= 4 is 28.6 Å². The van der Waals surface area contributed by atoms with E-state index < -0.39 is 0 Å². The number of carbonyl (C=O) groups excluding carboxylic acids is 1. The molecule has 1 amide bonds. The molecule has 2 heterocycles. The number of rotatable bonds is 6. The minimum atomic E-state index is -0.331. The summed E-state index contributed by atoms with van der Waals surface area (Å²) in [6.07, 6.45) is 1.67. The third kappa shape index (κ3) is 3.45. The van der Waals surface area contributed by atoms with Gasteiger partial charge in [0.25, 0.3) is 5.91 Å². The summed E-state index contributed by atoms with van der Waals surface area (Å²) >= 11 is 3.11. The molecule has 0 atom stereocenters. The molecular formula is C14H19N3OS2. The second kappa shape index (κ2) is 6.47. The van der Waals surface area contributed by atoms with E-state index >= 15 is 0 Å². The summed E-state index contributed by atoms with van der Waals surface area (Å²) in [4.78, 5) is 17.6. The fourth-order valence-electron chi connectivity index (χ4n) is 1.74. The Balaban J connectivity index is 2.00. The molecule has 0 saturated carbocycles. The molecule has 3 N–H and O–H groups in total. The number of thiazole rings is 1. The lowest BCUT2D eigenvalue weighted by atomic mass is 9.94. The number of aromatic nitrogens is 1. The number of carbonyl (C=O) groups is 1. The number of nitrogens with two attached hydrogens (primary N) is 1. The van der Waals surface area contributed by atoms with Gasteiger partial charge in [-0.25, -0.2) is 4.98 Å². The van der Waals surface area contributed by atoms with E-state index in [0.29, 0.717) is 12.2 Å². The van der Waals surface area contributed by atoms with E-state index in [1.807, 2.05) is 31.4 Å². The van der Waals surface area contributed by atoms with Crippen molar-refractivity contribution < 1.29 is 4.79 Å².